The van der Waals surface area contributed by atoms with Crippen LogP contribution in [0.4, 0.5) is 0 Å². The highest BCUT2D eigenvalue weighted by Gasteiger charge is 2.34. The first-order chi connectivity index (χ1) is 8.24. The molecule has 0 aliphatic carbocycles. The lowest BCUT2D eigenvalue weighted by atomic mass is 10.5. The fraction of sp³-hybridized carbons (Fsp3) is 0.833. The SMILES string of the molecule is C=C[SiH2]OC(OCCC)(OCCC)OCCC. The average Bonchev–Trinajstić information content (AvgIpc) is 2.37. The second kappa shape index (κ2) is 10.9. The van der Waals surface area contributed by atoms with E-state index in [9.17, 15) is 0 Å². The zero-order chi connectivity index (χ0) is 13.0. The van der Waals surface area contributed by atoms with Crippen molar-refractivity contribution in [1.29, 1.82) is 0 Å². The quantitative estimate of drug-likeness (QED) is 0.399. The Bertz CT molecular complexity index is 166. The lowest BCUT2D eigenvalue weighted by Crippen LogP contribution is -2.43. The molecule has 4 nitrogen and oxygen atoms in total. The number of rotatable bonds is 12. The smallest absolute Gasteiger partial charge is 0.348 e. The van der Waals surface area contributed by atoms with Crippen molar-refractivity contribution < 1.29 is 18.6 Å². The lowest BCUT2D eigenvalue weighted by Gasteiger charge is -2.32. The Labute approximate surface area is 107 Å². The molecule has 0 fully saturated rings. The van der Waals surface area contributed by atoms with Crippen LogP contribution in [-0.4, -0.2) is 35.7 Å². The first kappa shape index (κ1) is 16.8. The summed E-state index contributed by atoms with van der Waals surface area (Å²) in [7, 11) is -0.877. The van der Waals surface area contributed by atoms with Gasteiger partial charge in [0.1, 0.15) is 0 Å². The largest absolute Gasteiger partial charge is 0.402 e. The van der Waals surface area contributed by atoms with Gasteiger partial charge in [-0.25, -0.2) is 0 Å². The Morgan fingerprint density at radius 1 is 0.941 bits per heavy atom. The third-order valence-electron chi connectivity index (χ3n) is 1.83. The Balaban J connectivity index is 4.44. The summed E-state index contributed by atoms with van der Waals surface area (Å²) in [6.07, 6.45) is 1.38. The van der Waals surface area contributed by atoms with Gasteiger partial charge in [-0.2, -0.15) is 0 Å². The standard InChI is InChI=1S/C12H26O4Si/c1-5-9-13-12(14-10-6-2,15-11-7-3)16-17-8-4/h8H,4-7,9-11,17H2,1-3H3. The maximum atomic E-state index is 5.64. The summed E-state index contributed by atoms with van der Waals surface area (Å²) in [6, 6.07) is 0. The van der Waals surface area contributed by atoms with E-state index in [2.05, 4.69) is 6.58 Å². The zero-order valence-electron chi connectivity index (χ0n) is 11.4. The first-order valence-electron chi connectivity index (χ1n) is 6.41. The van der Waals surface area contributed by atoms with Crippen LogP contribution in [-0.2, 0) is 18.6 Å². The van der Waals surface area contributed by atoms with Crippen LogP contribution in [0.1, 0.15) is 40.0 Å². The molecule has 0 radical (unpaired) electrons. The molecule has 17 heavy (non-hydrogen) atoms. The topological polar surface area (TPSA) is 36.9 Å². The molecule has 102 valence electrons. The average molecular weight is 262 g/mol. The van der Waals surface area contributed by atoms with E-state index in [1.165, 1.54) is 0 Å². The van der Waals surface area contributed by atoms with E-state index in [-0.39, 0.29) is 0 Å². The Kier molecular flexibility index (Phi) is 10.8. The number of ether oxygens (including phenoxy) is 3. The van der Waals surface area contributed by atoms with Gasteiger partial charge in [0, 0.05) is 0 Å². The molecule has 0 aliphatic heterocycles. The van der Waals surface area contributed by atoms with Gasteiger partial charge in [0.2, 0.25) is 0 Å². The Morgan fingerprint density at radius 2 is 1.35 bits per heavy atom. The molecule has 0 N–H and O–H groups in total. The monoisotopic (exact) mass is 262 g/mol. The molecule has 0 amide bonds. The van der Waals surface area contributed by atoms with E-state index >= 15 is 0 Å². The van der Waals surface area contributed by atoms with Crippen molar-refractivity contribution >= 4 is 9.76 Å². The van der Waals surface area contributed by atoms with Crippen LogP contribution in [0, 0.1) is 0 Å². The molecular formula is C12H26O4Si. The van der Waals surface area contributed by atoms with Crippen molar-refractivity contribution in [3.63, 3.8) is 0 Å². The van der Waals surface area contributed by atoms with Crippen LogP contribution in [0.25, 0.3) is 0 Å². The van der Waals surface area contributed by atoms with Gasteiger partial charge in [0.25, 0.3) is 0 Å². The minimum Gasteiger partial charge on any atom is -0.348 e. The highest BCUT2D eigenvalue weighted by atomic mass is 28.2. The summed E-state index contributed by atoms with van der Waals surface area (Å²) < 4.78 is 22.5. The number of hydrogen-bond acceptors (Lipinski definition) is 4. The molecule has 0 atom stereocenters. The first-order valence-corrected chi connectivity index (χ1v) is 7.80. The molecule has 0 spiro atoms. The van der Waals surface area contributed by atoms with Crippen molar-refractivity contribution in [2.75, 3.05) is 19.8 Å². The number of hydrogen-bond donors (Lipinski definition) is 0. The molecular weight excluding hydrogens is 236 g/mol. The van der Waals surface area contributed by atoms with Gasteiger partial charge in [0.05, 0.1) is 19.8 Å². The third-order valence-corrected chi connectivity index (χ3v) is 2.58. The van der Waals surface area contributed by atoms with Gasteiger partial charge >= 0.3 is 6.16 Å². The van der Waals surface area contributed by atoms with Crippen LogP contribution in [0.3, 0.4) is 0 Å². The molecule has 0 saturated carbocycles. The van der Waals surface area contributed by atoms with Crippen LogP contribution >= 0.6 is 0 Å². The molecule has 0 aromatic rings. The molecule has 0 saturated heterocycles. The molecule has 0 rings (SSSR count). The van der Waals surface area contributed by atoms with Gasteiger partial charge in [0.15, 0.2) is 9.76 Å². The van der Waals surface area contributed by atoms with E-state index in [0.29, 0.717) is 19.8 Å². The molecule has 0 aromatic carbocycles. The van der Waals surface area contributed by atoms with Crippen LogP contribution in [0.15, 0.2) is 12.3 Å². The van der Waals surface area contributed by atoms with E-state index in [1.807, 2.05) is 20.8 Å². The predicted octanol–water partition coefficient (Wildman–Crippen LogP) is 2.12. The summed E-state index contributed by atoms with van der Waals surface area (Å²) in [5, 5.41) is 0. The van der Waals surface area contributed by atoms with Crippen LogP contribution in [0.5, 0.6) is 0 Å². The van der Waals surface area contributed by atoms with Gasteiger partial charge in [-0.15, -0.1) is 6.58 Å². The van der Waals surface area contributed by atoms with Crippen molar-refractivity contribution in [3.05, 3.63) is 12.3 Å². The second-order valence-corrected chi connectivity index (χ2v) is 4.84. The van der Waals surface area contributed by atoms with Gasteiger partial charge < -0.3 is 18.6 Å². The molecule has 0 unspecified atom stereocenters. The Morgan fingerprint density at radius 3 is 1.65 bits per heavy atom. The molecule has 0 bridgehead atoms. The molecule has 5 heteroatoms. The van der Waals surface area contributed by atoms with E-state index < -0.39 is 15.9 Å². The highest BCUT2D eigenvalue weighted by Crippen LogP contribution is 2.18. The van der Waals surface area contributed by atoms with Crippen molar-refractivity contribution in [2.45, 2.75) is 46.2 Å². The summed E-state index contributed by atoms with van der Waals surface area (Å²) >= 11 is 0. The summed E-state index contributed by atoms with van der Waals surface area (Å²) in [5.41, 5.74) is 1.79. The maximum Gasteiger partial charge on any atom is 0.402 e. The summed E-state index contributed by atoms with van der Waals surface area (Å²) in [6.45, 7) is 11.4. The minimum absolute atomic E-state index is 0.555. The predicted molar refractivity (Wildman–Crippen MR) is 71.3 cm³/mol. The second-order valence-electron chi connectivity index (χ2n) is 3.65. The molecule has 0 aliphatic rings. The highest BCUT2D eigenvalue weighted by molar-refractivity contribution is 6.34. The van der Waals surface area contributed by atoms with Gasteiger partial charge in [-0.3, -0.25) is 0 Å². The van der Waals surface area contributed by atoms with Gasteiger partial charge in [-0.1, -0.05) is 26.5 Å². The summed E-state index contributed by atoms with van der Waals surface area (Å²) in [4.78, 5) is 0. The fourth-order valence-corrected chi connectivity index (χ4v) is 1.66. The fourth-order valence-electron chi connectivity index (χ4n) is 1.09. The van der Waals surface area contributed by atoms with Crippen LogP contribution < -0.4 is 0 Å². The van der Waals surface area contributed by atoms with E-state index in [1.54, 1.807) is 5.70 Å². The van der Waals surface area contributed by atoms with Crippen LogP contribution in [0.2, 0.25) is 0 Å². The molecule has 0 heterocycles. The Hall–Kier alpha value is -0.203. The van der Waals surface area contributed by atoms with Crippen molar-refractivity contribution in [1.82, 2.24) is 0 Å². The van der Waals surface area contributed by atoms with E-state index in [4.69, 9.17) is 18.6 Å². The summed E-state index contributed by atoms with van der Waals surface area (Å²) in [5.74, 6) is 0. The molecule has 0 aromatic heterocycles. The normalized spacial score (nSPS) is 12.4. The third kappa shape index (κ3) is 7.67. The van der Waals surface area contributed by atoms with E-state index in [0.717, 1.165) is 19.3 Å². The van der Waals surface area contributed by atoms with Crippen molar-refractivity contribution in [3.8, 4) is 0 Å². The zero-order valence-corrected chi connectivity index (χ0v) is 12.8. The van der Waals surface area contributed by atoms with Crippen molar-refractivity contribution in [2.24, 2.45) is 0 Å². The minimum atomic E-state index is -1.30. The maximum absolute atomic E-state index is 5.64. The lowest BCUT2D eigenvalue weighted by molar-refractivity contribution is -0.472. The van der Waals surface area contributed by atoms with Gasteiger partial charge in [-0.05, 0) is 19.3 Å².